The smallest absolute Gasteiger partial charge is 0.0867 e. The van der Waals surface area contributed by atoms with Crippen molar-refractivity contribution in [2.75, 3.05) is 4.44 Å². The molecule has 0 radical (unpaired) electrons. The van der Waals surface area contributed by atoms with Crippen LogP contribution in [-0.4, -0.2) is 8.07 Å². The van der Waals surface area contributed by atoms with Crippen LogP contribution < -0.4 is 30.8 Å². The number of hydrogen-bond acceptors (Lipinski definition) is 1. The Bertz CT molecular complexity index is 1980. The van der Waals surface area contributed by atoms with Gasteiger partial charge in [-0.1, -0.05) is 289 Å². The van der Waals surface area contributed by atoms with Crippen molar-refractivity contribution in [1.29, 1.82) is 0 Å². The number of aryl methyl sites for hydroxylation is 2. The van der Waals surface area contributed by atoms with E-state index in [9.17, 15) is 0 Å². The van der Waals surface area contributed by atoms with Gasteiger partial charge in [0.25, 0.3) is 0 Å². The Morgan fingerprint density at radius 1 is 0.379 bits per heavy atom. The molecule has 0 bridgehead atoms. The summed E-state index contributed by atoms with van der Waals surface area (Å²) in [7, 11) is -3.94. The van der Waals surface area contributed by atoms with Gasteiger partial charge in [0.15, 0.2) is 0 Å². The summed E-state index contributed by atoms with van der Waals surface area (Å²) in [6.45, 7) is 40.3. The Balaban J connectivity index is 1.99. The van der Waals surface area contributed by atoms with Crippen molar-refractivity contribution in [3.8, 4) is 0 Å². The first-order valence-corrected chi connectivity index (χ1v) is 31.2. The van der Waals surface area contributed by atoms with Crippen LogP contribution in [0.1, 0.15) is 190 Å². The van der Waals surface area contributed by atoms with Crippen LogP contribution in [0.25, 0.3) is 0 Å². The highest BCUT2D eigenvalue weighted by molar-refractivity contribution is 7.90. The van der Waals surface area contributed by atoms with Gasteiger partial charge >= 0.3 is 0 Å². The molecule has 0 aromatic heterocycles. The summed E-state index contributed by atoms with van der Waals surface area (Å²) in [5.74, 6) is 0. The minimum atomic E-state index is -1.80. The first-order valence-electron chi connectivity index (χ1n) is 26.0. The maximum absolute atomic E-state index is 3.05. The Kier molecular flexibility index (Phi) is 18.5. The van der Waals surface area contributed by atoms with Gasteiger partial charge in [0.1, 0.15) is 0 Å². The minimum absolute atomic E-state index is 0.0653. The molecule has 358 valence electrons. The van der Waals surface area contributed by atoms with E-state index in [0.29, 0.717) is 0 Å². The van der Waals surface area contributed by atoms with Crippen LogP contribution in [0.2, 0.25) is 18.1 Å². The number of benzene rings is 5. The van der Waals surface area contributed by atoms with E-state index in [2.05, 4.69) is 231 Å². The summed E-state index contributed by atoms with van der Waals surface area (Å²) in [6, 6.07) is 49.3. The predicted octanol–water partition coefficient (Wildman–Crippen LogP) is 17.0. The molecule has 0 saturated carbocycles. The second kappa shape index (κ2) is 22.6. The standard InChI is InChI=1S/C62H91NP2Si/c1-18-23-42-66(43-24-19-2,44-25-20-3)57-45-47(21-4)58(48(22-5)46-57)63(64(53-34-26-49(27-35-53)59(6,7)8)54-36-28-50(29-37-54)60(9,10)11)65(55-38-30-51(31-39-55)61(12,13)14)56-40-32-52(33-41-56)62(15,16)17/h26-41,45-46H,18-25,42-44H2,1-17H3. The van der Waals surface area contributed by atoms with Crippen molar-refractivity contribution < 1.29 is 0 Å². The fourth-order valence-electron chi connectivity index (χ4n) is 9.65. The Morgan fingerprint density at radius 3 is 0.818 bits per heavy atom. The lowest BCUT2D eigenvalue weighted by atomic mass is 9.87. The zero-order valence-electron chi connectivity index (χ0n) is 45.0. The highest BCUT2D eigenvalue weighted by atomic mass is 31.2. The van der Waals surface area contributed by atoms with Crippen LogP contribution in [-0.2, 0) is 34.5 Å². The van der Waals surface area contributed by atoms with E-state index < -0.39 is 24.2 Å². The molecule has 0 spiro atoms. The van der Waals surface area contributed by atoms with E-state index in [1.54, 1.807) is 16.3 Å². The van der Waals surface area contributed by atoms with Crippen molar-refractivity contribution in [2.24, 2.45) is 0 Å². The molecule has 0 aliphatic heterocycles. The van der Waals surface area contributed by atoms with Gasteiger partial charge < -0.3 is 4.44 Å². The van der Waals surface area contributed by atoms with Crippen molar-refractivity contribution in [3.05, 3.63) is 143 Å². The molecule has 5 aromatic carbocycles. The fraction of sp³-hybridized carbons (Fsp3) is 0.516. The Labute approximate surface area is 410 Å². The van der Waals surface area contributed by atoms with Crippen molar-refractivity contribution in [3.63, 3.8) is 0 Å². The van der Waals surface area contributed by atoms with E-state index in [-0.39, 0.29) is 21.7 Å². The van der Waals surface area contributed by atoms with E-state index in [1.807, 2.05) is 0 Å². The molecular formula is C62H91NP2Si. The summed E-state index contributed by atoms with van der Waals surface area (Å²) in [6.07, 6.45) is 9.88. The average molecular weight is 940 g/mol. The van der Waals surface area contributed by atoms with Crippen molar-refractivity contribution in [1.82, 2.24) is 0 Å². The fourth-order valence-corrected chi connectivity index (χ4v) is 21.4. The molecule has 0 aliphatic carbocycles. The van der Waals surface area contributed by atoms with Gasteiger partial charge in [-0.25, -0.2) is 0 Å². The third-order valence-corrected chi connectivity index (χ3v) is 25.0. The molecule has 4 heteroatoms. The monoisotopic (exact) mass is 940 g/mol. The average Bonchev–Trinajstić information content (AvgIpc) is 3.27. The largest absolute Gasteiger partial charge is 0.312 e. The molecule has 0 aliphatic rings. The van der Waals surface area contributed by atoms with Gasteiger partial charge in [-0.2, -0.15) is 0 Å². The Hall–Kier alpha value is -3.02. The van der Waals surface area contributed by atoms with Gasteiger partial charge in [-0.05, 0) is 67.9 Å². The third kappa shape index (κ3) is 13.0. The zero-order valence-corrected chi connectivity index (χ0v) is 47.8. The van der Waals surface area contributed by atoms with Gasteiger partial charge in [0, 0.05) is 21.2 Å². The van der Waals surface area contributed by atoms with E-state index in [4.69, 9.17) is 0 Å². The van der Waals surface area contributed by atoms with Crippen molar-refractivity contribution >= 4 is 56.3 Å². The molecule has 0 unspecified atom stereocenters. The quantitative estimate of drug-likeness (QED) is 0.0589. The lowest BCUT2D eigenvalue weighted by Crippen LogP contribution is -2.48. The lowest BCUT2D eigenvalue weighted by Gasteiger charge is -2.44. The second-order valence-corrected chi connectivity index (χ2v) is 32.6. The van der Waals surface area contributed by atoms with Crippen LogP contribution in [0.5, 0.6) is 0 Å². The summed E-state index contributed by atoms with van der Waals surface area (Å²) < 4.78 is 3.05. The van der Waals surface area contributed by atoms with Crippen molar-refractivity contribution in [2.45, 2.75) is 209 Å². The van der Waals surface area contributed by atoms with Crippen LogP contribution in [0.3, 0.4) is 0 Å². The van der Waals surface area contributed by atoms with Gasteiger partial charge in [0.05, 0.1) is 29.9 Å². The van der Waals surface area contributed by atoms with E-state index in [0.717, 1.165) is 12.8 Å². The van der Waals surface area contributed by atoms with Crippen LogP contribution in [0.4, 0.5) is 5.69 Å². The predicted molar refractivity (Wildman–Crippen MR) is 305 cm³/mol. The molecule has 0 amide bonds. The molecule has 0 N–H and O–H groups in total. The lowest BCUT2D eigenvalue weighted by molar-refractivity contribution is 0.590. The summed E-state index contributed by atoms with van der Waals surface area (Å²) in [5, 5.41) is 7.40. The number of rotatable bonds is 19. The van der Waals surface area contributed by atoms with Gasteiger partial charge in [-0.15, -0.1) is 0 Å². The van der Waals surface area contributed by atoms with Gasteiger partial charge in [0.2, 0.25) is 0 Å². The first-order chi connectivity index (χ1) is 31.0. The molecule has 66 heavy (non-hydrogen) atoms. The first kappa shape index (κ1) is 53.9. The topological polar surface area (TPSA) is 3.24 Å². The van der Waals surface area contributed by atoms with E-state index >= 15 is 0 Å². The van der Waals surface area contributed by atoms with Crippen LogP contribution >= 0.6 is 16.1 Å². The SMILES string of the molecule is CCCC[Si](CCCC)(CCCC)c1cc(CC)c(N(P(c2ccc(C(C)(C)C)cc2)c2ccc(C(C)(C)C)cc2)P(c2ccc(C(C)(C)C)cc2)c2ccc(C(C)(C)C)cc2)c(CC)c1. The number of hydrogen-bond donors (Lipinski definition) is 0. The number of anilines is 1. The Morgan fingerprint density at radius 2 is 0.621 bits per heavy atom. The number of nitrogens with zero attached hydrogens (tertiary/aromatic N) is 1. The van der Waals surface area contributed by atoms with E-state index in [1.165, 1.54) is 106 Å². The molecular weight excluding hydrogens is 849 g/mol. The zero-order chi connectivity index (χ0) is 48.7. The summed E-state index contributed by atoms with van der Waals surface area (Å²) in [5.41, 5.74) is 10.4. The van der Waals surface area contributed by atoms with Crippen LogP contribution in [0.15, 0.2) is 109 Å². The molecule has 0 saturated heterocycles. The maximum atomic E-state index is 3.05. The molecule has 0 fully saturated rings. The van der Waals surface area contributed by atoms with Crippen LogP contribution in [0, 0.1) is 0 Å². The summed E-state index contributed by atoms with van der Waals surface area (Å²) >= 11 is 0. The third-order valence-electron chi connectivity index (χ3n) is 14.2. The minimum Gasteiger partial charge on any atom is -0.312 e. The number of unbranched alkanes of at least 4 members (excludes halogenated alkanes) is 3. The highest BCUT2D eigenvalue weighted by Crippen LogP contribution is 2.59. The maximum Gasteiger partial charge on any atom is 0.0867 e. The summed E-state index contributed by atoms with van der Waals surface area (Å²) in [4.78, 5) is 0. The second-order valence-electron chi connectivity index (χ2n) is 23.5. The van der Waals surface area contributed by atoms with Gasteiger partial charge in [-0.3, -0.25) is 0 Å². The highest BCUT2D eigenvalue weighted by Gasteiger charge is 2.39. The molecule has 0 heterocycles. The normalized spacial score (nSPS) is 13.0. The molecule has 1 nitrogen and oxygen atoms in total. The molecule has 0 atom stereocenters. The molecule has 5 aromatic rings. The molecule has 5 rings (SSSR count).